The third kappa shape index (κ3) is 4.63. The standard InChI is InChI=1S/C23H26ClN3O3S/c1-4-26(5-2)12-13-27(23-25-17-11-10-16(24)14-20(17)31-23)22(28)21-15(3)29-18-8-6-7-9-19(18)30-21/h6-11,14-15,21H,4-5,12-13H2,1-3H3. The van der Waals surface area contributed by atoms with Crippen LogP contribution in [0.15, 0.2) is 42.5 Å². The van der Waals surface area contributed by atoms with Gasteiger partial charge in [-0.25, -0.2) is 4.98 Å². The van der Waals surface area contributed by atoms with Crippen LogP contribution in [0.3, 0.4) is 0 Å². The van der Waals surface area contributed by atoms with E-state index in [9.17, 15) is 4.79 Å². The van der Waals surface area contributed by atoms with Crippen molar-refractivity contribution in [2.24, 2.45) is 0 Å². The smallest absolute Gasteiger partial charge is 0.273 e. The van der Waals surface area contributed by atoms with Crippen LogP contribution in [-0.4, -0.2) is 54.2 Å². The number of nitrogens with zero attached hydrogens (tertiary/aromatic N) is 3. The van der Waals surface area contributed by atoms with Gasteiger partial charge in [0.2, 0.25) is 6.10 Å². The van der Waals surface area contributed by atoms with Gasteiger partial charge in [-0.05, 0) is 50.3 Å². The summed E-state index contributed by atoms with van der Waals surface area (Å²) in [7, 11) is 0. The Bertz CT molecular complexity index is 1070. The number of carbonyl (C=O) groups is 1. The number of anilines is 1. The minimum absolute atomic E-state index is 0.153. The molecular formula is C23H26ClN3O3S. The summed E-state index contributed by atoms with van der Waals surface area (Å²) >= 11 is 7.61. The number of carbonyl (C=O) groups excluding carboxylic acids is 1. The van der Waals surface area contributed by atoms with Crippen LogP contribution in [0.5, 0.6) is 11.5 Å². The molecule has 2 heterocycles. The number of halogens is 1. The lowest BCUT2D eigenvalue weighted by Gasteiger charge is -2.34. The Morgan fingerprint density at radius 2 is 1.81 bits per heavy atom. The maximum atomic E-state index is 13.7. The van der Waals surface area contributed by atoms with Crippen LogP contribution >= 0.6 is 22.9 Å². The van der Waals surface area contributed by atoms with E-state index in [4.69, 9.17) is 26.1 Å². The molecule has 2 atom stereocenters. The van der Waals surface area contributed by atoms with Gasteiger partial charge in [-0.1, -0.05) is 48.9 Å². The number of hydrogen-bond donors (Lipinski definition) is 0. The normalized spacial score (nSPS) is 17.8. The van der Waals surface area contributed by atoms with Crippen LogP contribution in [0.2, 0.25) is 5.02 Å². The zero-order valence-electron chi connectivity index (χ0n) is 17.9. The molecule has 0 N–H and O–H groups in total. The van der Waals surface area contributed by atoms with Crippen LogP contribution in [0.4, 0.5) is 5.13 Å². The fourth-order valence-corrected chi connectivity index (χ4v) is 4.90. The van der Waals surface area contributed by atoms with Gasteiger partial charge < -0.3 is 14.4 Å². The van der Waals surface area contributed by atoms with Gasteiger partial charge in [0, 0.05) is 18.1 Å². The highest BCUT2D eigenvalue weighted by Gasteiger charge is 2.38. The summed E-state index contributed by atoms with van der Waals surface area (Å²) in [6.07, 6.45) is -1.16. The Kier molecular flexibility index (Phi) is 6.65. The number of amides is 1. The average molecular weight is 460 g/mol. The van der Waals surface area contributed by atoms with E-state index < -0.39 is 12.2 Å². The summed E-state index contributed by atoms with van der Waals surface area (Å²) in [5, 5.41) is 1.29. The van der Waals surface area contributed by atoms with Gasteiger partial charge in [-0.15, -0.1) is 0 Å². The van der Waals surface area contributed by atoms with Crippen molar-refractivity contribution in [2.75, 3.05) is 31.1 Å². The van der Waals surface area contributed by atoms with Crippen LogP contribution in [0, 0.1) is 0 Å². The monoisotopic (exact) mass is 459 g/mol. The Morgan fingerprint density at radius 1 is 1.10 bits per heavy atom. The minimum atomic E-state index is -0.748. The molecule has 1 amide bonds. The summed E-state index contributed by atoms with van der Waals surface area (Å²) < 4.78 is 13.0. The molecule has 3 aromatic rings. The largest absolute Gasteiger partial charge is 0.482 e. The highest BCUT2D eigenvalue weighted by atomic mass is 35.5. The van der Waals surface area contributed by atoms with Crippen molar-refractivity contribution < 1.29 is 14.3 Å². The van der Waals surface area contributed by atoms with E-state index in [2.05, 4.69) is 18.7 Å². The zero-order chi connectivity index (χ0) is 22.0. The number of para-hydroxylation sites is 2. The summed E-state index contributed by atoms with van der Waals surface area (Å²) in [6.45, 7) is 9.19. The van der Waals surface area contributed by atoms with Gasteiger partial charge in [-0.3, -0.25) is 9.69 Å². The molecule has 8 heteroatoms. The number of aromatic nitrogens is 1. The molecule has 1 aromatic heterocycles. The van der Waals surface area contributed by atoms with Crippen molar-refractivity contribution in [3.05, 3.63) is 47.5 Å². The summed E-state index contributed by atoms with van der Waals surface area (Å²) in [6, 6.07) is 13.0. The highest BCUT2D eigenvalue weighted by molar-refractivity contribution is 7.22. The lowest BCUT2D eigenvalue weighted by Crippen LogP contribution is -2.52. The van der Waals surface area contributed by atoms with Crippen LogP contribution < -0.4 is 14.4 Å². The maximum Gasteiger partial charge on any atom is 0.273 e. The average Bonchev–Trinajstić information content (AvgIpc) is 3.18. The first-order valence-corrected chi connectivity index (χ1v) is 11.7. The second-order valence-corrected chi connectivity index (χ2v) is 8.88. The summed E-state index contributed by atoms with van der Waals surface area (Å²) in [4.78, 5) is 22.4. The molecule has 2 aromatic carbocycles. The first-order chi connectivity index (χ1) is 15.0. The molecule has 0 aliphatic carbocycles. The number of rotatable bonds is 7. The van der Waals surface area contributed by atoms with Crippen LogP contribution in [0.1, 0.15) is 20.8 Å². The van der Waals surface area contributed by atoms with Crippen molar-refractivity contribution in [1.29, 1.82) is 0 Å². The lowest BCUT2D eigenvalue weighted by atomic mass is 10.1. The number of thiazole rings is 1. The third-order valence-electron chi connectivity index (χ3n) is 5.46. The number of hydrogen-bond acceptors (Lipinski definition) is 6. The topological polar surface area (TPSA) is 54.9 Å². The van der Waals surface area contributed by atoms with Crippen molar-refractivity contribution in [2.45, 2.75) is 33.0 Å². The number of ether oxygens (including phenoxy) is 2. The van der Waals surface area contributed by atoms with Crippen molar-refractivity contribution in [3.63, 3.8) is 0 Å². The molecule has 1 aliphatic rings. The fraction of sp³-hybridized carbons (Fsp3) is 0.391. The molecule has 0 radical (unpaired) electrons. The van der Waals surface area contributed by atoms with E-state index in [0.717, 1.165) is 29.9 Å². The summed E-state index contributed by atoms with van der Waals surface area (Å²) in [5.74, 6) is 1.08. The highest BCUT2D eigenvalue weighted by Crippen LogP contribution is 2.36. The molecule has 0 bridgehead atoms. The Labute approximate surface area is 191 Å². The van der Waals surface area contributed by atoms with E-state index in [1.54, 1.807) is 4.90 Å². The third-order valence-corrected chi connectivity index (χ3v) is 6.73. The fourth-order valence-electron chi connectivity index (χ4n) is 3.63. The molecule has 164 valence electrons. The molecule has 6 nitrogen and oxygen atoms in total. The second kappa shape index (κ2) is 9.42. The van der Waals surface area contributed by atoms with Gasteiger partial charge >= 0.3 is 0 Å². The second-order valence-electron chi connectivity index (χ2n) is 7.43. The minimum Gasteiger partial charge on any atom is -0.482 e. The lowest BCUT2D eigenvalue weighted by molar-refractivity contribution is -0.130. The molecular weight excluding hydrogens is 434 g/mol. The van der Waals surface area contributed by atoms with E-state index in [-0.39, 0.29) is 5.91 Å². The van der Waals surface area contributed by atoms with Crippen LogP contribution in [-0.2, 0) is 4.79 Å². The maximum absolute atomic E-state index is 13.7. The van der Waals surface area contributed by atoms with Gasteiger partial charge in [0.15, 0.2) is 16.6 Å². The quantitative estimate of drug-likeness (QED) is 0.505. The summed E-state index contributed by atoms with van der Waals surface area (Å²) in [5.41, 5.74) is 0.823. The Hall–Kier alpha value is -2.35. The molecule has 1 aliphatic heterocycles. The molecule has 2 unspecified atom stereocenters. The number of benzene rings is 2. The molecule has 31 heavy (non-hydrogen) atoms. The molecule has 0 fully saturated rings. The van der Waals surface area contributed by atoms with E-state index in [0.29, 0.717) is 28.2 Å². The van der Waals surface area contributed by atoms with Crippen molar-refractivity contribution in [1.82, 2.24) is 9.88 Å². The van der Waals surface area contributed by atoms with E-state index >= 15 is 0 Å². The van der Waals surface area contributed by atoms with Crippen molar-refractivity contribution in [3.8, 4) is 11.5 Å². The SMILES string of the molecule is CCN(CC)CCN(C(=O)C1Oc2ccccc2OC1C)c1nc2ccc(Cl)cc2s1. The molecule has 0 spiro atoms. The Balaban J connectivity index is 1.65. The predicted molar refractivity (Wildman–Crippen MR) is 126 cm³/mol. The molecule has 0 saturated carbocycles. The molecule has 0 saturated heterocycles. The van der Waals surface area contributed by atoms with Gasteiger partial charge in [0.25, 0.3) is 5.91 Å². The van der Waals surface area contributed by atoms with E-state index in [1.807, 2.05) is 49.4 Å². The van der Waals surface area contributed by atoms with Crippen molar-refractivity contribution >= 4 is 44.2 Å². The van der Waals surface area contributed by atoms with Gasteiger partial charge in [0.1, 0.15) is 6.10 Å². The zero-order valence-corrected chi connectivity index (χ0v) is 19.4. The van der Waals surface area contributed by atoms with Crippen LogP contribution in [0.25, 0.3) is 10.2 Å². The Morgan fingerprint density at radius 3 is 2.52 bits per heavy atom. The first-order valence-electron chi connectivity index (χ1n) is 10.5. The number of likely N-dealkylation sites (N-methyl/N-ethyl adjacent to an activating group) is 1. The predicted octanol–water partition coefficient (Wildman–Crippen LogP) is 4.85. The number of fused-ring (bicyclic) bond motifs is 2. The van der Waals surface area contributed by atoms with E-state index in [1.165, 1.54) is 11.3 Å². The van der Waals surface area contributed by atoms with Gasteiger partial charge in [-0.2, -0.15) is 0 Å². The first kappa shape index (κ1) is 21.9. The molecule has 4 rings (SSSR count). The van der Waals surface area contributed by atoms with Gasteiger partial charge in [0.05, 0.1) is 10.2 Å².